The second-order valence-electron chi connectivity index (χ2n) is 4.97. The van der Waals surface area contributed by atoms with E-state index in [9.17, 15) is 8.42 Å². The molecule has 2 aromatic carbocycles. The van der Waals surface area contributed by atoms with Gasteiger partial charge in [0.05, 0.1) is 20.5 Å². The molecule has 0 saturated carbocycles. The van der Waals surface area contributed by atoms with Gasteiger partial charge in [-0.15, -0.1) is 0 Å². The van der Waals surface area contributed by atoms with Crippen LogP contribution in [-0.4, -0.2) is 12.4 Å². The fourth-order valence-electron chi connectivity index (χ4n) is 2.26. The van der Waals surface area contributed by atoms with Gasteiger partial charge in [0.15, 0.2) is 0 Å². The van der Waals surface area contributed by atoms with Crippen LogP contribution in [0.2, 0.25) is 10.0 Å². The van der Waals surface area contributed by atoms with E-state index < -0.39 is 10.0 Å². The molecule has 0 saturated heterocycles. The summed E-state index contributed by atoms with van der Waals surface area (Å²) in [6.45, 7) is 1.90. The van der Waals surface area contributed by atoms with E-state index in [0.717, 1.165) is 14.5 Å². The molecule has 3 aromatic rings. The van der Waals surface area contributed by atoms with Gasteiger partial charge in [-0.1, -0.05) is 56.8 Å². The first-order chi connectivity index (χ1) is 10.7. The molecule has 8 heteroatoms. The van der Waals surface area contributed by atoms with Crippen LogP contribution < -0.4 is 0 Å². The number of hydrogen-bond donors (Lipinski definition) is 0. The molecule has 0 aliphatic rings. The van der Waals surface area contributed by atoms with Crippen molar-refractivity contribution >= 4 is 82.6 Å². The number of aromatic nitrogens is 1. The second-order valence-corrected chi connectivity index (χ2v) is 9.59. The number of fused-ring (bicyclic) bond motifs is 1. The summed E-state index contributed by atoms with van der Waals surface area (Å²) >= 11 is 17.9. The number of benzene rings is 2. The van der Waals surface area contributed by atoms with Crippen LogP contribution in [0.4, 0.5) is 0 Å². The van der Waals surface area contributed by atoms with Crippen LogP contribution in [0.15, 0.2) is 45.9 Å². The average Bonchev–Trinajstić information content (AvgIpc) is 2.84. The first-order valence-corrected chi connectivity index (χ1v) is 10.5. The summed E-state index contributed by atoms with van der Waals surface area (Å²) in [7, 11) is -3.77. The molecule has 0 radical (unpaired) electrons. The number of hydrogen-bond acceptors (Lipinski definition) is 2. The van der Waals surface area contributed by atoms with Crippen LogP contribution >= 0.6 is 61.7 Å². The lowest BCUT2D eigenvalue weighted by atomic mass is 10.2. The Kier molecular flexibility index (Phi) is 4.74. The van der Waals surface area contributed by atoms with Gasteiger partial charge in [-0.3, -0.25) is 0 Å². The van der Waals surface area contributed by atoms with Gasteiger partial charge in [0.2, 0.25) is 0 Å². The zero-order valence-corrected chi connectivity index (χ0v) is 17.7. The maximum atomic E-state index is 13.0. The number of aryl methyl sites for hydroxylation is 1. The molecule has 0 spiro atoms. The van der Waals surface area contributed by atoms with Crippen LogP contribution in [0.25, 0.3) is 10.9 Å². The third-order valence-electron chi connectivity index (χ3n) is 3.41. The molecule has 0 atom stereocenters. The molecular weight excluding hydrogens is 536 g/mol. The van der Waals surface area contributed by atoms with Crippen molar-refractivity contribution in [2.45, 2.75) is 11.8 Å². The van der Waals surface area contributed by atoms with Crippen molar-refractivity contribution in [1.82, 2.24) is 3.97 Å². The summed E-state index contributed by atoms with van der Waals surface area (Å²) < 4.78 is 28.6. The van der Waals surface area contributed by atoms with Crippen LogP contribution in [0.5, 0.6) is 0 Å². The Labute approximate surface area is 165 Å². The Hall–Kier alpha value is -0.280. The summed E-state index contributed by atoms with van der Waals surface area (Å²) in [5.41, 5.74) is 1.36. The third kappa shape index (κ3) is 2.93. The average molecular weight is 545 g/mol. The predicted molar refractivity (Wildman–Crippen MR) is 106 cm³/mol. The fraction of sp³-hybridized carbons (Fsp3) is 0.0667. The molecule has 0 aliphatic carbocycles. The van der Waals surface area contributed by atoms with Gasteiger partial charge in [0.25, 0.3) is 10.0 Å². The molecular formula is C15H9BrCl2INO2S. The summed E-state index contributed by atoms with van der Waals surface area (Å²) in [6, 6.07) is 8.34. The van der Waals surface area contributed by atoms with Crippen molar-refractivity contribution in [2.75, 3.05) is 0 Å². The first kappa shape index (κ1) is 17.5. The Morgan fingerprint density at radius 1 is 1.17 bits per heavy atom. The van der Waals surface area contributed by atoms with E-state index in [4.69, 9.17) is 23.2 Å². The Balaban J connectivity index is 2.39. The summed E-state index contributed by atoms with van der Waals surface area (Å²) in [5, 5.41) is 1.22. The summed E-state index contributed by atoms with van der Waals surface area (Å²) in [4.78, 5) is 0.198. The quantitative estimate of drug-likeness (QED) is 0.299. The Bertz CT molecular complexity index is 1030. The molecule has 120 valence electrons. The molecule has 0 fully saturated rings. The van der Waals surface area contributed by atoms with Crippen molar-refractivity contribution in [3.8, 4) is 0 Å². The van der Waals surface area contributed by atoms with Gasteiger partial charge < -0.3 is 0 Å². The standard InChI is InChI=1S/C15H9BrCl2INO2S/c1-8-2-4-9(5-3-8)23(21,22)20-7-12(19)13-10(16)6-11(17)14(18)15(13)20/h2-7H,1H3. The molecule has 0 unspecified atom stereocenters. The normalized spacial score (nSPS) is 12.0. The molecule has 0 N–H and O–H groups in total. The summed E-state index contributed by atoms with van der Waals surface area (Å²) in [6.07, 6.45) is 1.55. The molecule has 1 heterocycles. The van der Waals surface area contributed by atoms with Gasteiger partial charge in [0, 0.05) is 19.6 Å². The fourth-order valence-corrected chi connectivity index (χ4v) is 6.27. The van der Waals surface area contributed by atoms with E-state index in [-0.39, 0.29) is 9.92 Å². The lowest BCUT2D eigenvalue weighted by Gasteiger charge is -2.10. The molecule has 0 amide bonds. The number of rotatable bonds is 2. The highest BCUT2D eigenvalue weighted by atomic mass is 127. The minimum absolute atomic E-state index is 0.198. The van der Waals surface area contributed by atoms with E-state index in [0.29, 0.717) is 15.0 Å². The topological polar surface area (TPSA) is 39.1 Å². The maximum Gasteiger partial charge on any atom is 0.268 e. The second kappa shape index (κ2) is 6.22. The Morgan fingerprint density at radius 3 is 2.39 bits per heavy atom. The third-order valence-corrected chi connectivity index (χ3v) is 7.31. The first-order valence-electron chi connectivity index (χ1n) is 6.40. The Morgan fingerprint density at radius 2 is 1.78 bits per heavy atom. The van der Waals surface area contributed by atoms with E-state index in [1.807, 2.05) is 6.92 Å². The van der Waals surface area contributed by atoms with Crippen molar-refractivity contribution < 1.29 is 8.42 Å². The van der Waals surface area contributed by atoms with Gasteiger partial charge >= 0.3 is 0 Å². The van der Waals surface area contributed by atoms with E-state index in [1.54, 1.807) is 36.5 Å². The minimum Gasteiger partial charge on any atom is -0.238 e. The summed E-state index contributed by atoms with van der Waals surface area (Å²) in [5.74, 6) is 0. The highest BCUT2D eigenvalue weighted by Gasteiger charge is 2.24. The zero-order chi connectivity index (χ0) is 16.9. The van der Waals surface area contributed by atoms with Gasteiger partial charge in [-0.2, -0.15) is 0 Å². The van der Waals surface area contributed by atoms with Crippen molar-refractivity contribution in [2.24, 2.45) is 0 Å². The highest BCUT2D eigenvalue weighted by Crippen LogP contribution is 2.40. The van der Waals surface area contributed by atoms with Crippen LogP contribution in [0.1, 0.15) is 5.56 Å². The maximum absolute atomic E-state index is 13.0. The molecule has 0 aliphatic heterocycles. The van der Waals surface area contributed by atoms with E-state index in [2.05, 4.69) is 38.5 Å². The lowest BCUT2D eigenvalue weighted by Crippen LogP contribution is -2.12. The molecule has 23 heavy (non-hydrogen) atoms. The van der Waals surface area contributed by atoms with Crippen molar-refractivity contribution in [3.63, 3.8) is 0 Å². The smallest absolute Gasteiger partial charge is 0.238 e. The van der Waals surface area contributed by atoms with Crippen molar-refractivity contribution in [3.05, 3.63) is 60.2 Å². The van der Waals surface area contributed by atoms with Crippen LogP contribution in [-0.2, 0) is 10.0 Å². The monoisotopic (exact) mass is 543 g/mol. The largest absolute Gasteiger partial charge is 0.268 e. The number of nitrogens with zero attached hydrogens (tertiary/aromatic N) is 1. The minimum atomic E-state index is -3.77. The molecule has 3 nitrogen and oxygen atoms in total. The lowest BCUT2D eigenvalue weighted by molar-refractivity contribution is 0.589. The van der Waals surface area contributed by atoms with Crippen molar-refractivity contribution in [1.29, 1.82) is 0 Å². The van der Waals surface area contributed by atoms with E-state index in [1.165, 1.54) is 3.97 Å². The molecule has 0 bridgehead atoms. The van der Waals surface area contributed by atoms with Gasteiger partial charge in [0.1, 0.15) is 0 Å². The predicted octanol–water partition coefficient (Wildman–Crippen LogP) is 5.86. The highest BCUT2D eigenvalue weighted by molar-refractivity contribution is 14.1. The van der Waals surface area contributed by atoms with Crippen LogP contribution in [0.3, 0.4) is 0 Å². The molecule has 3 rings (SSSR count). The zero-order valence-electron chi connectivity index (χ0n) is 11.6. The van der Waals surface area contributed by atoms with E-state index >= 15 is 0 Å². The number of halogens is 4. The van der Waals surface area contributed by atoms with Gasteiger partial charge in [-0.25, -0.2) is 12.4 Å². The molecule has 1 aromatic heterocycles. The SMILES string of the molecule is Cc1ccc(S(=O)(=O)n2cc(I)c3c(Br)cc(Cl)c(Cl)c32)cc1. The van der Waals surface area contributed by atoms with Crippen LogP contribution in [0, 0.1) is 10.5 Å². The van der Waals surface area contributed by atoms with Gasteiger partial charge in [-0.05, 0) is 47.7 Å².